The van der Waals surface area contributed by atoms with Gasteiger partial charge in [-0.15, -0.1) is 0 Å². The van der Waals surface area contributed by atoms with Crippen molar-refractivity contribution in [1.82, 2.24) is 0 Å². The molecule has 0 radical (unpaired) electrons. The molecule has 0 saturated heterocycles. The molecule has 0 fully saturated rings. The van der Waals surface area contributed by atoms with Crippen molar-refractivity contribution < 1.29 is 13.2 Å². The zero-order valence-corrected chi connectivity index (χ0v) is 9.72. The molecule has 3 heteroatoms. The Morgan fingerprint density at radius 1 is 1.18 bits per heavy atom. The highest BCUT2D eigenvalue weighted by Crippen LogP contribution is 2.39. The summed E-state index contributed by atoms with van der Waals surface area (Å²) >= 11 is 0. The molecule has 0 aromatic heterocycles. The monoisotopic (exact) mass is 240 g/mol. The summed E-state index contributed by atoms with van der Waals surface area (Å²) < 4.78 is 41.1. The van der Waals surface area contributed by atoms with E-state index in [1.165, 1.54) is 12.1 Å². The summed E-state index contributed by atoms with van der Waals surface area (Å²) in [5, 5.41) is 0. The highest BCUT2D eigenvalue weighted by Gasteiger charge is 2.33. The smallest absolute Gasteiger partial charge is 0.163 e. The van der Waals surface area contributed by atoms with E-state index >= 15 is 0 Å². The molecule has 0 spiro atoms. The van der Waals surface area contributed by atoms with Gasteiger partial charge >= 0.3 is 0 Å². The van der Waals surface area contributed by atoms with E-state index in [1.54, 1.807) is 12.1 Å². The molecular weight excluding hydrogens is 225 g/mol. The fraction of sp³-hybridized carbons (Fsp3) is 0.429. The summed E-state index contributed by atoms with van der Waals surface area (Å²) in [6, 6.07) is 4.32. The number of hydrogen-bond donors (Lipinski definition) is 0. The number of allylic oxidation sites excluding steroid dienone is 1. The summed E-state index contributed by atoms with van der Waals surface area (Å²) in [5.41, 5.74) is 0.773. The van der Waals surface area contributed by atoms with Gasteiger partial charge in [-0.25, -0.2) is 13.2 Å². The van der Waals surface area contributed by atoms with Gasteiger partial charge in [0.1, 0.15) is 5.82 Å². The maximum atomic E-state index is 13.9. The third-order valence-electron chi connectivity index (χ3n) is 3.13. The lowest BCUT2D eigenvalue weighted by Gasteiger charge is -2.24. The summed E-state index contributed by atoms with van der Waals surface area (Å²) in [4.78, 5) is 0. The number of unbranched alkanes of at least 4 members (excludes halogenated alkanes) is 1. The molecule has 1 aromatic carbocycles. The van der Waals surface area contributed by atoms with Crippen LogP contribution in [0.3, 0.4) is 0 Å². The molecule has 17 heavy (non-hydrogen) atoms. The third-order valence-corrected chi connectivity index (χ3v) is 3.13. The minimum atomic E-state index is -1.87. The van der Waals surface area contributed by atoms with E-state index in [1.807, 2.05) is 6.92 Å². The molecule has 1 aliphatic rings. The molecule has 0 N–H and O–H groups in total. The Morgan fingerprint density at radius 2 is 1.94 bits per heavy atom. The minimum Gasteiger partial charge on any atom is -0.239 e. The van der Waals surface area contributed by atoms with Crippen LogP contribution < -0.4 is 0 Å². The molecule has 0 amide bonds. The van der Waals surface area contributed by atoms with Gasteiger partial charge in [-0.3, -0.25) is 0 Å². The first-order valence-corrected chi connectivity index (χ1v) is 5.92. The highest BCUT2D eigenvalue weighted by molar-refractivity contribution is 5.62. The predicted octanol–water partition coefficient (Wildman–Crippen LogP) is 4.76. The van der Waals surface area contributed by atoms with Gasteiger partial charge in [-0.2, -0.15) is 0 Å². The van der Waals surface area contributed by atoms with E-state index in [4.69, 9.17) is 0 Å². The Balaban J connectivity index is 2.39. The van der Waals surface area contributed by atoms with E-state index in [9.17, 15) is 13.2 Å². The van der Waals surface area contributed by atoms with E-state index < -0.39 is 18.2 Å². The molecule has 2 atom stereocenters. The molecule has 0 saturated carbocycles. The van der Waals surface area contributed by atoms with Gasteiger partial charge in [0.05, 0.1) is 0 Å². The Kier molecular flexibility index (Phi) is 3.55. The molecule has 92 valence electrons. The largest absolute Gasteiger partial charge is 0.239 e. The second-order valence-corrected chi connectivity index (χ2v) is 4.37. The van der Waals surface area contributed by atoms with Crippen LogP contribution in [0, 0.1) is 5.82 Å². The van der Waals surface area contributed by atoms with Crippen LogP contribution in [0.25, 0.3) is 6.08 Å². The number of rotatable bonds is 3. The van der Waals surface area contributed by atoms with Gasteiger partial charge in [0.25, 0.3) is 0 Å². The Labute approximate surface area is 99.2 Å². The van der Waals surface area contributed by atoms with E-state index in [-0.39, 0.29) is 5.56 Å². The lowest BCUT2D eigenvalue weighted by Crippen LogP contribution is -2.19. The molecule has 0 nitrogen and oxygen atoms in total. The first-order chi connectivity index (χ1) is 8.15. The second-order valence-electron chi connectivity index (χ2n) is 4.37. The first-order valence-electron chi connectivity index (χ1n) is 5.92. The van der Waals surface area contributed by atoms with Gasteiger partial charge < -0.3 is 0 Å². The van der Waals surface area contributed by atoms with Crippen molar-refractivity contribution in [2.45, 2.75) is 38.5 Å². The predicted molar refractivity (Wildman–Crippen MR) is 62.6 cm³/mol. The van der Waals surface area contributed by atoms with Gasteiger partial charge in [-0.05, 0) is 30.0 Å². The SMILES string of the molecule is CCCCC1=Cc2cccc(F)c2C(F)C1F. The number of halogens is 3. The fourth-order valence-electron chi connectivity index (χ4n) is 2.18. The number of hydrogen-bond acceptors (Lipinski definition) is 0. The number of alkyl halides is 2. The molecule has 0 bridgehead atoms. The Morgan fingerprint density at radius 3 is 2.65 bits per heavy atom. The molecule has 1 aromatic rings. The maximum Gasteiger partial charge on any atom is 0.163 e. The molecule has 2 rings (SSSR count). The van der Waals surface area contributed by atoms with Crippen LogP contribution in [0.4, 0.5) is 13.2 Å². The number of benzene rings is 1. The standard InChI is InChI=1S/C14H15F3/c1-2-3-5-10-8-9-6-4-7-11(15)12(9)14(17)13(10)16/h4,6-8,13-14H,2-3,5H2,1H3. The summed E-state index contributed by atoms with van der Waals surface area (Å²) in [6.07, 6.45) is 0.303. The second kappa shape index (κ2) is 4.94. The molecule has 0 aliphatic heterocycles. The average Bonchev–Trinajstić information content (AvgIpc) is 2.32. The third kappa shape index (κ3) is 2.24. The maximum absolute atomic E-state index is 13.9. The summed E-state index contributed by atoms with van der Waals surface area (Å²) in [6.45, 7) is 2.00. The van der Waals surface area contributed by atoms with Crippen LogP contribution in [0.2, 0.25) is 0 Å². The lowest BCUT2D eigenvalue weighted by atomic mass is 9.87. The molecule has 0 heterocycles. The van der Waals surface area contributed by atoms with Crippen LogP contribution in [0.1, 0.15) is 43.5 Å². The summed E-state index contributed by atoms with van der Waals surface area (Å²) in [7, 11) is 0. The van der Waals surface area contributed by atoms with E-state index in [0.29, 0.717) is 17.6 Å². The van der Waals surface area contributed by atoms with Crippen LogP contribution in [-0.2, 0) is 0 Å². The minimum absolute atomic E-state index is 0.139. The molecular formula is C14H15F3. The van der Waals surface area contributed by atoms with Crippen molar-refractivity contribution >= 4 is 6.08 Å². The van der Waals surface area contributed by atoms with Gasteiger partial charge in [0, 0.05) is 5.56 Å². The van der Waals surface area contributed by atoms with Crippen LogP contribution in [-0.4, -0.2) is 6.17 Å². The van der Waals surface area contributed by atoms with Gasteiger partial charge in [0.15, 0.2) is 12.3 Å². The average molecular weight is 240 g/mol. The summed E-state index contributed by atoms with van der Waals surface area (Å²) in [5.74, 6) is -0.663. The topological polar surface area (TPSA) is 0 Å². The normalized spacial score (nSPS) is 23.2. The van der Waals surface area contributed by atoms with E-state index in [0.717, 1.165) is 12.8 Å². The molecule has 1 aliphatic carbocycles. The quantitative estimate of drug-likeness (QED) is 0.714. The van der Waals surface area contributed by atoms with Crippen molar-refractivity contribution in [1.29, 1.82) is 0 Å². The van der Waals surface area contributed by atoms with Crippen molar-refractivity contribution in [2.75, 3.05) is 0 Å². The van der Waals surface area contributed by atoms with Crippen molar-refractivity contribution in [3.8, 4) is 0 Å². The zero-order chi connectivity index (χ0) is 12.4. The lowest BCUT2D eigenvalue weighted by molar-refractivity contribution is 0.187. The Bertz CT molecular complexity index is 437. The van der Waals surface area contributed by atoms with Crippen LogP contribution in [0.15, 0.2) is 23.8 Å². The van der Waals surface area contributed by atoms with Crippen molar-refractivity contribution in [3.05, 3.63) is 40.7 Å². The molecule has 2 unspecified atom stereocenters. The van der Waals surface area contributed by atoms with Crippen LogP contribution >= 0.6 is 0 Å². The number of fused-ring (bicyclic) bond motifs is 1. The fourth-order valence-corrected chi connectivity index (χ4v) is 2.18. The van der Waals surface area contributed by atoms with Gasteiger partial charge in [0.2, 0.25) is 0 Å². The van der Waals surface area contributed by atoms with Crippen molar-refractivity contribution in [2.24, 2.45) is 0 Å². The van der Waals surface area contributed by atoms with E-state index in [2.05, 4.69) is 0 Å². The van der Waals surface area contributed by atoms with Gasteiger partial charge in [-0.1, -0.05) is 31.6 Å². The first kappa shape index (κ1) is 12.2. The van der Waals surface area contributed by atoms with Crippen molar-refractivity contribution in [3.63, 3.8) is 0 Å². The highest BCUT2D eigenvalue weighted by atomic mass is 19.2. The van der Waals surface area contributed by atoms with Crippen LogP contribution in [0.5, 0.6) is 0 Å². The zero-order valence-electron chi connectivity index (χ0n) is 9.72. The Hall–Kier alpha value is -1.25.